The Kier molecular flexibility index (Phi) is 4.62. The molecule has 5 nitrogen and oxygen atoms in total. The molecule has 0 saturated carbocycles. The summed E-state index contributed by atoms with van der Waals surface area (Å²) in [7, 11) is 5.06. The predicted molar refractivity (Wildman–Crippen MR) is 78.8 cm³/mol. The lowest BCUT2D eigenvalue weighted by Crippen LogP contribution is -2.20. The number of ether oxygens (including phenoxy) is 2. The summed E-state index contributed by atoms with van der Waals surface area (Å²) in [6.07, 6.45) is 0.895. The quantitative estimate of drug-likeness (QED) is 0.890. The number of nitrogens with two attached hydrogens (primary N) is 1. The Morgan fingerprint density at radius 3 is 2.65 bits per heavy atom. The third-order valence-electron chi connectivity index (χ3n) is 3.94. The van der Waals surface area contributed by atoms with E-state index in [0.717, 1.165) is 18.5 Å². The molecule has 1 heterocycles. The maximum absolute atomic E-state index is 10.3. The highest BCUT2D eigenvalue weighted by Crippen LogP contribution is 2.48. The second-order valence-electron chi connectivity index (χ2n) is 5.16. The molecule has 2 unspecified atom stereocenters. The number of likely N-dealkylation sites (tertiary alicyclic amines) is 1. The summed E-state index contributed by atoms with van der Waals surface area (Å²) in [5.41, 5.74) is 6.50. The lowest BCUT2D eigenvalue weighted by molar-refractivity contribution is 0.301. The van der Waals surface area contributed by atoms with Crippen LogP contribution in [0.15, 0.2) is 6.07 Å². The molecular weight excluding hydrogens is 280 g/mol. The summed E-state index contributed by atoms with van der Waals surface area (Å²) in [4.78, 5) is 2.18. The monoisotopic (exact) mass is 300 g/mol. The van der Waals surface area contributed by atoms with Crippen molar-refractivity contribution in [2.75, 3.05) is 34.4 Å². The van der Waals surface area contributed by atoms with Crippen molar-refractivity contribution in [2.24, 2.45) is 11.7 Å². The first-order valence-electron chi connectivity index (χ1n) is 6.57. The Bertz CT molecular complexity index is 496. The Labute approximate surface area is 124 Å². The number of hydrogen-bond donors (Lipinski definition) is 2. The van der Waals surface area contributed by atoms with Crippen molar-refractivity contribution >= 4 is 11.6 Å². The molecular formula is C14H21ClN2O3. The van der Waals surface area contributed by atoms with Crippen molar-refractivity contribution in [2.45, 2.75) is 12.5 Å². The molecule has 0 aromatic heterocycles. The molecule has 2 atom stereocenters. The molecule has 0 amide bonds. The molecule has 1 aliphatic heterocycles. The van der Waals surface area contributed by atoms with Gasteiger partial charge in [0.15, 0.2) is 11.5 Å². The molecule has 0 spiro atoms. The van der Waals surface area contributed by atoms with Gasteiger partial charge in [-0.3, -0.25) is 4.90 Å². The second kappa shape index (κ2) is 6.08. The Balaban J connectivity index is 2.44. The highest BCUT2D eigenvalue weighted by molar-refractivity contribution is 6.33. The van der Waals surface area contributed by atoms with Gasteiger partial charge in [0.2, 0.25) is 0 Å². The fourth-order valence-electron chi connectivity index (χ4n) is 2.85. The highest BCUT2D eigenvalue weighted by atomic mass is 35.5. The number of halogens is 1. The van der Waals surface area contributed by atoms with Gasteiger partial charge in [0, 0.05) is 18.2 Å². The summed E-state index contributed by atoms with van der Waals surface area (Å²) < 4.78 is 10.5. The van der Waals surface area contributed by atoms with Gasteiger partial charge < -0.3 is 20.3 Å². The van der Waals surface area contributed by atoms with E-state index in [-0.39, 0.29) is 16.8 Å². The molecule has 1 fully saturated rings. The topological polar surface area (TPSA) is 68.0 Å². The van der Waals surface area contributed by atoms with Gasteiger partial charge in [-0.1, -0.05) is 11.6 Å². The first-order chi connectivity index (χ1) is 9.53. The Morgan fingerprint density at radius 2 is 2.15 bits per heavy atom. The van der Waals surface area contributed by atoms with Crippen LogP contribution in [0.1, 0.15) is 18.0 Å². The summed E-state index contributed by atoms with van der Waals surface area (Å²) in [6.45, 7) is 1.55. The number of rotatable bonds is 4. The van der Waals surface area contributed by atoms with E-state index in [1.54, 1.807) is 13.2 Å². The zero-order chi connectivity index (χ0) is 14.9. The van der Waals surface area contributed by atoms with Crippen LogP contribution in [0.4, 0.5) is 0 Å². The number of hydrogen-bond acceptors (Lipinski definition) is 5. The summed E-state index contributed by atoms with van der Waals surface area (Å²) in [6, 6.07) is 1.88. The number of phenolic OH excluding ortho intramolecular Hbond substituents is 1. The van der Waals surface area contributed by atoms with Crippen molar-refractivity contribution in [3.63, 3.8) is 0 Å². The van der Waals surface area contributed by atoms with Gasteiger partial charge in [0.1, 0.15) is 10.8 Å². The van der Waals surface area contributed by atoms with E-state index in [4.69, 9.17) is 26.8 Å². The largest absolute Gasteiger partial charge is 0.506 e. The van der Waals surface area contributed by atoms with Crippen LogP contribution in [0.25, 0.3) is 0 Å². The van der Waals surface area contributed by atoms with Crippen LogP contribution in [-0.4, -0.2) is 44.4 Å². The lowest BCUT2D eigenvalue weighted by Gasteiger charge is -2.23. The van der Waals surface area contributed by atoms with E-state index in [9.17, 15) is 5.11 Å². The van der Waals surface area contributed by atoms with Gasteiger partial charge >= 0.3 is 0 Å². The molecule has 20 heavy (non-hydrogen) atoms. The normalized spacial score (nSPS) is 23.1. The molecule has 1 saturated heterocycles. The molecule has 0 bridgehead atoms. The Morgan fingerprint density at radius 1 is 1.45 bits per heavy atom. The predicted octanol–water partition coefficient (Wildman–Crippen LogP) is 2.01. The Hall–Kier alpha value is -1.17. The zero-order valence-electron chi connectivity index (χ0n) is 12.0. The maximum atomic E-state index is 10.3. The number of nitrogens with zero attached hydrogens (tertiary/aromatic N) is 1. The minimum absolute atomic E-state index is 0.0545. The van der Waals surface area contributed by atoms with Crippen LogP contribution in [-0.2, 0) is 0 Å². The molecule has 6 heteroatoms. The molecule has 1 aliphatic rings. The summed E-state index contributed by atoms with van der Waals surface area (Å²) >= 11 is 6.18. The summed E-state index contributed by atoms with van der Waals surface area (Å²) in [5.74, 6) is 1.36. The first-order valence-corrected chi connectivity index (χ1v) is 6.94. The van der Waals surface area contributed by atoms with E-state index < -0.39 is 0 Å². The first kappa shape index (κ1) is 15.2. The van der Waals surface area contributed by atoms with Crippen molar-refractivity contribution in [3.8, 4) is 17.2 Å². The average Bonchev–Trinajstić information content (AvgIpc) is 2.82. The van der Waals surface area contributed by atoms with Crippen LogP contribution in [0.2, 0.25) is 5.02 Å². The molecule has 1 aromatic rings. The van der Waals surface area contributed by atoms with Gasteiger partial charge in [-0.15, -0.1) is 0 Å². The fourth-order valence-corrected chi connectivity index (χ4v) is 3.13. The van der Waals surface area contributed by atoms with Crippen molar-refractivity contribution in [1.82, 2.24) is 4.90 Å². The molecule has 2 rings (SSSR count). The van der Waals surface area contributed by atoms with Crippen molar-refractivity contribution < 1.29 is 14.6 Å². The fraction of sp³-hybridized carbons (Fsp3) is 0.571. The third kappa shape index (κ3) is 2.53. The SMILES string of the molecule is COc1cc(C2CC(CN)CN2C)c(O)c(Cl)c1OC. The van der Waals surface area contributed by atoms with Crippen molar-refractivity contribution in [1.29, 1.82) is 0 Å². The second-order valence-corrected chi connectivity index (χ2v) is 5.53. The van der Waals surface area contributed by atoms with Crippen LogP contribution in [0.3, 0.4) is 0 Å². The van der Waals surface area contributed by atoms with E-state index >= 15 is 0 Å². The minimum Gasteiger partial charge on any atom is -0.506 e. The smallest absolute Gasteiger partial charge is 0.183 e. The number of methoxy groups -OCH3 is 2. The van der Waals surface area contributed by atoms with Gasteiger partial charge in [-0.2, -0.15) is 0 Å². The number of benzene rings is 1. The van der Waals surface area contributed by atoms with Gasteiger partial charge in [-0.25, -0.2) is 0 Å². The molecule has 112 valence electrons. The van der Waals surface area contributed by atoms with Gasteiger partial charge in [-0.05, 0) is 32.0 Å². The number of phenols is 1. The van der Waals surface area contributed by atoms with Crippen LogP contribution < -0.4 is 15.2 Å². The van der Waals surface area contributed by atoms with Crippen LogP contribution in [0.5, 0.6) is 17.2 Å². The molecule has 0 radical (unpaired) electrons. The highest BCUT2D eigenvalue weighted by Gasteiger charge is 2.33. The van der Waals surface area contributed by atoms with Crippen molar-refractivity contribution in [3.05, 3.63) is 16.7 Å². The molecule has 3 N–H and O–H groups in total. The average molecular weight is 301 g/mol. The van der Waals surface area contributed by atoms with Gasteiger partial charge in [0.05, 0.1) is 14.2 Å². The zero-order valence-corrected chi connectivity index (χ0v) is 12.8. The standard InChI is InChI=1S/C14H21ClN2O3/c1-17-7-8(6-16)4-10(17)9-5-11(19-2)14(20-3)12(15)13(9)18/h5,8,10,18H,4,6-7,16H2,1-3H3. The third-order valence-corrected chi connectivity index (χ3v) is 4.29. The molecule has 1 aromatic carbocycles. The molecule has 0 aliphatic carbocycles. The maximum Gasteiger partial charge on any atom is 0.183 e. The van der Waals surface area contributed by atoms with E-state index in [1.165, 1.54) is 7.11 Å². The van der Waals surface area contributed by atoms with E-state index in [1.807, 2.05) is 7.05 Å². The minimum atomic E-state index is 0.0545. The van der Waals surface area contributed by atoms with Crippen LogP contribution >= 0.6 is 11.6 Å². The van der Waals surface area contributed by atoms with E-state index in [2.05, 4.69) is 4.90 Å². The van der Waals surface area contributed by atoms with Gasteiger partial charge in [0.25, 0.3) is 0 Å². The number of aromatic hydroxyl groups is 1. The van der Waals surface area contributed by atoms with Crippen LogP contribution in [0, 0.1) is 5.92 Å². The summed E-state index contributed by atoms with van der Waals surface area (Å²) in [5, 5.41) is 10.5. The lowest BCUT2D eigenvalue weighted by atomic mass is 9.98. The van der Waals surface area contributed by atoms with E-state index in [0.29, 0.717) is 24.0 Å².